The van der Waals surface area contributed by atoms with Crippen LogP contribution in [0.3, 0.4) is 0 Å². The molecule has 2 amide bonds. The van der Waals surface area contributed by atoms with E-state index in [0.717, 1.165) is 36.7 Å². The molecule has 0 bridgehead atoms. The molecule has 3 heterocycles. The number of ether oxygens (including phenoxy) is 2. The van der Waals surface area contributed by atoms with Crippen LogP contribution < -0.4 is 20.5 Å². The Morgan fingerprint density at radius 1 is 1.08 bits per heavy atom. The number of pyridine rings is 2. The minimum atomic E-state index is -2.21. The molecule has 1 atom stereocenters. The fourth-order valence-electron chi connectivity index (χ4n) is 5.63. The molecule has 1 aliphatic carbocycles. The number of halogens is 4. The predicted octanol–water partition coefficient (Wildman–Crippen LogP) is 5.45. The number of nitrogens with zero attached hydrogens (tertiary/aromatic N) is 3. The molecule has 1 fully saturated rings. The maximum atomic E-state index is 15.3. The van der Waals surface area contributed by atoms with Crippen LogP contribution in [0, 0.1) is 17.5 Å². The summed E-state index contributed by atoms with van der Waals surface area (Å²) in [5.41, 5.74) is 4.58. The third-order valence-corrected chi connectivity index (χ3v) is 8.52. The van der Waals surface area contributed by atoms with Crippen molar-refractivity contribution in [1.82, 2.24) is 19.9 Å². The Balaban J connectivity index is 1.47. The van der Waals surface area contributed by atoms with Gasteiger partial charge in [-0.15, -0.1) is 0 Å². The van der Waals surface area contributed by atoms with E-state index < -0.39 is 52.9 Å². The van der Waals surface area contributed by atoms with E-state index in [9.17, 15) is 23.5 Å². The van der Waals surface area contributed by atoms with Crippen LogP contribution in [-0.2, 0) is 16.8 Å². The largest absolute Gasteiger partial charge is 0.491 e. The van der Waals surface area contributed by atoms with Crippen LogP contribution in [0.1, 0.15) is 58.6 Å². The van der Waals surface area contributed by atoms with Crippen molar-refractivity contribution in [2.24, 2.45) is 5.73 Å². The molecule has 0 unspecified atom stereocenters. The fourth-order valence-corrected chi connectivity index (χ4v) is 5.79. The standard InChI is InChI=1S/C35H31ClF3N5O5/c1-3-49-33-19(12-30(40)45)11-29(42-32(33)24-15-25(36)27(39)16-26(24)38)35(47,21-6-8-22(37)9-7-21)17-41-34(46)20-10-23-14-28(18-4-5-18)43-44(23)31(13-20)48-2/h6-11,13-16,18,47H,3-5,12,17H2,1-2H3,(H2,40,45)(H,41,46)/t35-/m1/s1. The number of benzene rings is 2. The summed E-state index contributed by atoms with van der Waals surface area (Å²) in [7, 11) is 1.46. The number of nitrogens with one attached hydrogen (secondary N) is 1. The Hall–Kier alpha value is -5.14. The molecule has 2 aromatic carbocycles. The van der Waals surface area contributed by atoms with Gasteiger partial charge in [-0.05, 0) is 61.7 Å². The first kappa shape index (κ1) is 33.7. The van der Waals surface area contributed by atoms with Crippen molar-refractivity contribution in [2.45, 2.75) is 37.7 Å². The molecule has 49 heavy (non-hydrogen) atoms. The van der Waals surface area contributed by atoms with E-state index in [1.165, 1.54) is 31.4 Å². The molecular weight excluding hydrogens is 663 g/mol. The molecule has 0 saturated heterocycles. The van der Waals surface area contributed by atoms with Crippen LogP contribution in [0.2, 0.25) is 5.02 Å². The van der Waals surface area contributed by atoms with Crippen LogP contribution in [0.25, 0.3) is 16.8 Å². The number of hydrogen-bond donors (Lipinski definition) is 3. The third kappa shape index (κ3) is 6.76. The lowest BCUT2D eigenvalue weighted by Gasteiger charge is -2.30. The van der Waals surface area contributed by atoms with Gasteiger partial charge >= 0.3 is 0 Å². The summed E-state index contributed by atoms with van der Waals surface area (Å²) in [5.74, 6) is -3.43. The van der Waals surface area contributed by atoms with Crippen LogP contribution in [0.4, 0.5) is 13.2 Å². The lowest BCUT2D eigenvalue weighted by molar-refractivity contribution is -0.117. The molecule has 5 aromatic rings. The number of rotatable bonds is 12. The van der Waals surface area contributed by atoms with Gasteiger partial charge in [0.2, 0.25) is 11.8 Å². The van der Waals surface area contributed by atoms with E-state index in [1.807, 2.05) is 6.07 Å². The van der Waals surface area contributed by atoms with Gasteiger partial charge in [-0.1, -0.05) is 23.7 Å². The molecule has 0 aliphatic heterocycles. The number of nitrogens with two attached hydrogens (primary N) is 1. The van der Waals surface area contributed by atoms with Gasteiger partial charge in [0.05, 0.1) is 48.6 Å². The second-order valence-corrected chi connectivity index (χ2v) is 12.1. The van der Waals surface area contributed by atoms with Crippen molar-refractivity contribution in [3.63, 3.8) is 0 Å². The zero-order valence-electron chi connectivity index (χ0n) is 26.4. The van der Waals surface area contributed by atoms with Gasteiger partial charge in [0, 0.05) is 34.7 Å². The van der Waals surface area contributed by atoms with Crippen LogP contribution in [0.15, 0.2) is 60.7 Å². The number of carbonyl (C=O) groups excluding carboxylic acids is 2. The quantitative estimate of drug-likeness (QED) is 0.148. The summed E-state index contributed by atoms with van der Waals surface area (Å²) < 4.78 is 56.5. The van der Waals surface area contributed by atoms with Crippen molar-refractivity contribution in [2.75, 3.05) is 20.3 Å². The molecule has 1 saturated carbocycles. The number of fused-ring (bicyclic) bond motifs is 1. The number of primary amides is 1. The highest BCUT2D eigenvalue weighted by atomic mass is 35.5. The Morgan fingerprint density at radius 3 is 2.47 bits per heavy atom. The van der Waals surface area contributed by atoms with Crippen molar-refractivity contribution < 1.29 is 37.3 Å². The van der Waals surface area contributed by atoms with Crippen molar-refractivity contribution in [3.8, 4) is 22.9 Å². The second-order valence-electron chi connectivity index (χ2n) is 11.7. The molecule has 3 aromatic heterocycles. The SMILES string of the molecule is CCOc1c(CC(N)=O)cc([C@@](O)(CNC(=O)c2cc(OC)n3nc(C4CC4)cc3c2)c2ccc(F)cc2)nc1-c1cc(Cl)c(F)cc1F. The van der Waals surface area contributed by atoms with E-state index >= 15 is 4.39 Å². The van der Waals surface area contributed by atoms with E-state index in [2.05, 4.69) is 15.4 Å². The molecule has 0 radical (unpaired) electrons. The highest BCUT2D eigenvalue weighted by Crippen LogP contribution is 2.41. The van der Waals surface area contributed by atoms with E-state index in [-0.39, 0.29) is 46.0 Å². The molecule has 0 spiro atoms. The van der Waals surface area contributed by atoms with E-state index in [0.29, 0.717) is 23.4 Å². The zero-order chi connectivity index (χ0) is 35.0. The summed E-state index contributed by atoms with van der Waals surface area (Å²) in [6.45, 7) is 1.18. The lowest BCUT2D eigenvalue weighted by Crippen LogP contribution is -2.42. The lowest BCUT2D eigenvalue weighted by atomic mass is 9.87. The smallest absolute Gasteiger partial charge is 0.251 e. The fraction of sp³-hybridized carbons (Fsp3) is 0.257. The Bertz CT molecular complexity index is 2090. The number of aromatic nitrogens is 3. The van der Waals surface area contributed by atoms with Gasteiger partial charge in [0.25, 0.3) is 5.91 Å². The first-order valence-corrected chi connectivity index (χ1v) is 15.7. The van der Waals surface area contributed by atoms with Crippen LogP contribution in [-0.4, -0.2) is 51.8 Å². The Kier molecular flexibility index (Phi) is 9.23. The summed E-state index contributed by atoms with van der Waals surface area (Å²) >= 11 is 6.02. The van der Waals surface area contributed by atoms with Gasteiger partial charge < -0.3 is 25.6 Å². The average Bonchev–Trinajstić information content (AvgIpc) is 3.83. The van der Waals surface area contributed by atoms with Crippen LogP contribution in [0.5, 0.6) is 11.6 Å². The Labute approximate surface area is 283 Å². The highest BCUT2D eigenvalue weighted by molar-refractivity contribution is 6.31. The topological polar surface area (TPSA) is 141 Å². The van der Waals surface area contributed by atoms with Crippen molar-refractivity contribution in [3.05, 3.63) is 111 Å². The minimum Gasteiger partial charge on any atom is -0.491 e. The number of carbonyl (C=O) groups is 2. The molecule has 10 nitrogen and oxygen atoms in total. The van der Waals surface area contributed by atoms with E-state index in [4.69, 9.17) is 26.8 Å². The summed E-state index contributed by atoms with van der Waals surface area (Å²) in [6, 6.07) is 12.7. The zero-order valence-corrected chi connectivity index (χ0v) is 27.2. The molecule has 14 heteroatoms. The molecule has 254 valence electrons. The minimum absolute atomic E-state index is 0.0520. The van der Waals surface area contributed by atoms with Gasteiger partial charge in [-0.3, -0.25) is 9.59 Å². The number of aliphatic hydroxyl groups is 1. The van der Waals surface area contributed by atoms with Gasteiger partial charge in [-0.25, -0.2) is 22.7 Å². The summed E-state index contributed by atoms with van der Waals surface area (Å²) in [6.07, 6.45) is 1.64. The number of hydrogen-bond acceptors (Lipinski definition) is 7. The van der Waals surface area contributed by atoms with Gasteiger partial charge in [-0.2, -0.15) is 5.10 Å². The number of amides is 2. The number of methoxy groups -OCH3 is 1. The molecule has 6 rings (SSSR count). The van der Waals surface area contributed by atoms with Crippen LogP contribution >= 0.6 is 11.6 Å². The normalized spacial score (nSPS) is 14.0. The monoisotopic (exact) mass is 693 g/mol. The first-order valence-electron chi connectivity index (χ1n) is 15.4. The summed E-state index contributed by atoms with van der Waals surface area (Å²) in [5, 5.41) is 19.3. The predicted molar refractivity (Wildman–Crippen MR) is 174 cm³/mol. The first-order chi connectivity index (χ1) is 23.4. The van der Waals surface area contributed by atoms with Crippen molar-refractivity contribution >= 4 is 28.9 Å². The summed E-state index contributed by atoms with van der Waals surface area (Å²) in [4.78, 5) is 30.4. The Morgan fingerprint density at radius 2 is 1.82 bits per heavy atom. The average molecular weight is 694 g/mol. The molecular formula is C35H31ClF3N5O5. The maximum absolute atomic E-state index is 15.3. The second kappa shape index (κ2) is 13.4. The highest BCUT2D eigenvalue weighted by Gasteiger charge is 2.37. The van der Waals surface area contributed by atoms with E-state index in [1.54, 1.807) is 17.5 Å². The maximum Gasteiger partial charge on any atom is 0.251 e. The van der Waals surface area contributed by atoms with Crippen molar-refractivity contribution in [1.29, 1.82) is 0 Å². The van der Waals surface area contributed by atoms with Gasteiger partial charge in [0.15, 0.2) is 0 Å². The van der Waals surface area contributed by atoms with Gasteiger partial charge in [0.1, 0.15) is 34.5 Å². The third-order valence-electron chi connectivity index (χ3n) is 8.23. The molecule has 4 N–H and O–H groups in total. The molecule has 1 aliphatic rings.